The zero-order valence-electron chi connectivity index (χ0n) is 12.3. The van der Waals surface area contributed by atoms with Gasteiger partial charge in [-0.2, -0.15) is 0 Å². The first-order chi connectivity index (χ1) is 10.7. The molecule has 2 aliphatic rings. The number of nitrogens with one attached hydrogen (secondary N) is 1. The first-order valence-corrected chi connectivity index (χ1v) is 8.13. The van der Waals surface area contributed by atoms with E-state index in [0.717, 1.165) is 48.7 Å². The van der Waals surface area contributed by atoms with E-state index >= 15 is 0 Å². The first-order valence-electron chi connectivity index (χ1n) is 7.75. The Kier molecular flexibility index (Phi) is 3.57. The van der Waals surface area contributed by atoms with Crippen LogP contribution < -0.4 is 5.32 Å². The van der Waals surface area contributed by atoms with Gasteiger partial charge in [0.2, 0.25) is 0 Å². The van der Waals surface area contributed by atoms with Crippen molar-refractivity contribution in [3.63, 3.8) is 0 Å². The molecule has 0 aliphatic carbocycles. The molecule has 0 saturated carbocycles. The molecular weight excluding hydrogens is 296 g/mol. The van der Waals surface area contributed by atoms with Gasteiger partial charge < -0.3 is 10.4 Å². The maximum atomic E-state index is 10.3. The fourth-order valence-electron chi connectivity index (χ4n) is 3.69. The Morgan fingerprint density at radius 2 is 1.86 bits per heavy atom. The topological polar surface area (TPSA) is 35.5 Å². The number of hydrogen-bond acceptors (Lipinski definition) is 3. The van der Waals surface area contributed by atoms with Crippen LogP contribution in [-0.2, 0) is 19.5 Å². The van der Waals surface area contributed by atoms with Gasteiger partial charge in [0.25, 0.3) is 0 Å². The van der Waals surface area contributed by atoms with Gasteiger partial charge in [0, 0.05) is 36.3 Å². The van der Waals surface area contributed by atoms with Crippen LogP contribution in [0.25, 0.3) is 0 Å². The molecule has 0 fully saturated rings. The second-order valence-electron chi connectivity index (χ2n) is 6.15. The van der Waals surface area contributed by atoms with E-state index in [-0.39, 0.29) is 6.04 Å². The second kappa shape index (κ2) is 5.58. The molecular formula is C18H19ClN2O. The molecule has 22 heavy (non-hydrogen) atoms. The van der Waals surface area contributed by atoms with E-state index in [1.165, 1.54) is 11.1 Å². The largest absolute Gasteiger partial charge is 0.508 e. The number of rotatable bonds is 2. The Morgan fingerprint density at radius 1 is 1.14 bits per heavy atom. The van der Waals surface area contributed by atoms with Crippen molar-refractivity contribution in [2.45, 2.75) is 25.6 Å². The highest BCUT2D eigenvalue weighted by atomic mass is 35.5. The summed E-state index contributed by atoms with van der Waals surface area (Å²) in [5.74, 6) is 0.355. The third-order valence-electron chi connectivity index (χ3n) is 4.74. The van der Waals surface area contributed by atoms with Crippen molar-refractivity contribution >= 4 is 11.6 Å². The number of hydrogen-bond donors (Lipinski definition) is 2. The third kappa shape index (κ3) is 2.39. The van der Waals surface area contributed by atoms with Gasteiger partial charge in [0.05, 0.1) is 0 Å². The molecule has 0 saturated heterocycles. The zero-order valence-corrected chi connectivity index (χ0v) is 13.1. The molecule has 0 spiro atoms. The van der Waals surface area contributed by atoms with Gasteiger partial charge in [-0.05, 0) is 41.8 Å². The molecule has 2 N–H and O–H groups in total. The van der Waals surface area contributed by atoms with Gasteiger partial charge in [-0.25, -0.2) is 0 Å². The summed E-state index contributed by atoms with van der Waals surface area (Å²) in [6, 6.07) is 12.2. The lowest BCUT2D eigenvalue weighted by atomic mass is 9.93. The summed E-state index contributed by atoms with van der Waals surface area (Å²) in [5.41, 5.74) is 4.90. The average molecular weight is 315 g/mol. The molecule has 4 rings (SSSR count). The van der Waals surface area contributed by atoms with E-state index in [1.54, 1.807) is 12.1 Å². The number of aromatic hydroxyl groups is 1. The Hall–Kier alpha value is -1.55. The molecule has 114 valence electrons. The van der Waals surface area contributed by atoms with Gasteiger partial charge in [-0.3, -0.25) is 4.90 Å². The SMILES string of the molecule is Oc1ccc(Cl)c2c1C(CN1Cc3ccccc3C1)NCC2. The molecule has 0 radical (unpaired) electrons. The molecule has 0 bridgehead atoms. The van der Waals surface area contributed by atoms with Crippen molar-refractivity contribution < 1.29 is 5.11 Å². The standard InChI is InChI=1S/C18H19ClN2O/c19-15-5-6-17(22)18-14(15)7-8-20-16(18)11-21-9-12-3-1-2-4-13(12)10-21/h1-6,16,20,22H,7-11H2. The van der Waals surface area contributed by atoms with Gasteiger partial charge >= 0.3 is 0 Å². The van der Waals surface area contributed by atoms with Crippen LogP contribution in [0.2, 0.25) is 5.02 Å². The summed E-state index contributed by atoms with van der Waals surface area (Å²) in [6.45, 7) is 3.74. The Bertz CT molecular complexity index is 691. The smallest absolute Gasteiger partial charge is 0.120 e. The van der Waals surface area contributed by atoms with E-state index in [4.69, 9.17) is 11.6 Å². The molecule has 0 aromatic heterocycles. The number of nitrogens with zero attached hydrogens (tertiary/aromatic N) is 1. The Labute approximate surface area is 135 Å². The van der Waals surface area contributed by atoms with Crippen LogP contribution in [0.5, 0.6) is 5.75 Å². The molecule has 2 aromatic carbocycles. The summed E-state index contributed by atoms with van der Waals surface area (Å²) >= 11 is 6.32. The van der Waals surface area contributed by atoms with Crippen LogP contribution >= 0.6 is 11.6 Å². The lowest BCUT2D eigenvalue weighted by Gasteiger charge is -2.31. The van der Waals surface area contributed by atoms with E-state index < -0.39 is 0 Å². The van der Waals surface area contributed by atoms with Crippen LogP contribution in [0.1, 0.15) is 28.3 Å². The van der Waals surface area contributed by atoms with Crippen LogP contribution in [0.15, 0.2) is 36.4 Å². The minimum Gasteiger partial charge on any atom is -0.508 e. The lowest BCUT2D eigenvalue weighted by molar-refractivity contribution is 0.242. The van der Waals surface area contributed by atoms with E-state index in [1.807, 2.05) is 0 Å². The number of phenolic OH excluding ortho intramolecular Hbond substituents is 1. The molecule has 2 heterocycles. The van der Waals surface area contributed by atoms with Gasteiger partial charge in [-0.15, -0.1) is 0 Å². The van der Waals surface area contributed by atoms with E-state index in [2.05, 4.69) is 34.5 Å². The Balaban J connectivity index is 1.58. The quantitative estimate of drug-likeness (QED) is 0.893. The number of fused-ring (bicyclic) bond motifs is 2. The fourth-order valence-corrected chi connectivity index (χ4v) is 3.95. The highest BCUT2D eigenvalue weighted by molar-refractivity contribution is 6.31. The normalized spacial score (nSPS) is 20.7. The molecule has 2 aromatic rings. The highest BCUT2D eigenvalue weighted by Gasteiger charge is 2.28. The predicted octanol–water partition coefficient (Wildman–Crippen LogP) is 3.25. The van der Waals surface area contributed by atoms with Crippen molar-refractivity contribution in [2.75, 3.05) is 13.1 Å². The lowest BCUT2D eigenvalue weighted by Crippen LogP contribution is -2.37. The first kappa shape index (κ1) is 14.1. The minimum absolute atomic E-state index is 0.136. The molecule has 1 unspecified atom stereocenters. The van der Waals surface area contributed by atoms with Crippen LogP contribution in [0.3, 0.4) is 0 Å². The predicted molar refractivity (Wildman–Crippen MR) is 88.1 cm³/mol. The zero-order chi connectivity index (χ0) is 15.1. The van der Waals surface area contributed by atoms with Gasteiger partial charge in [0.1, 0.15) is 5.75 Å². The van der Waals surface area contributed by atoms with Crippen LogP contribution in [0, 0.1) is 0 Å². The van der Waals surface area contributed by atoms with Crippen molar-refractivity contribution in [1.82, 2.24) is 10.2 Å². The molecule has 3 nitrogen and oxygen atoms in total. The highest BCUT2D eigenvalue weighted by Crippen LogP contribution is 2.36. The summed E-state index contributed by atoms with van der Waals surface area (Å²) in [5, 5.41) is 14.6. The monoisotopic (exact) mass is 314 g/mol. The number of phenols is 1. The molecule has 1 atom stereocenters. The minimum atomic E-state index is 0.136. The summed E-state index contributed by atoms with van der Waals surface area (Å²) in [4.78, 5) is 2.43. The number of halogens is 1. The Morgan fingerprint density at radius 3 is 2.59 bits per heavy atom. The van der Waals surface area contributed by atoms with Crippen LogP contribution in [-0.4, -0.2) is 23.1 Å². The maximum absolute atomic E-state index is 10.3. The summed E-state index contributed by atoms with van der Waals surface area (Å²) in [7, 11) is 0. The summed E-state index contributed by atoms with van der Waals surface area (Å²) < 4.78 is 0. The second-order valence-corrected chi connectivity index (χ2v) is 6.56. The van der Waals surface area contributed by atoms with Gasteiger partial charge in [0.15, 0.2) is 0 Å². The van der Waals surface area contributed by atoms with Crippen molar-refractivity contribution in [3.8, 4) is 5.75 Å². The molecule has 4 heteroatoms. The molecule has 2 aliphatic heterocycles. The third-order valence-corrected chi connectivity index (χ3v) is 5.09. The fraction of sp³-hybridized carbons (Fsp3) is 0.333. The van der Waals surface area contributed by atoms with Crippen LogP contribution in [0.4, 0.5) is 0 Å². The average Bonchev–Trinajstić information content (AvgIpc) is 2.93. The molecule has 0 amide bonds. The summed E-state index contributed by atoms with van der Waals surface area (Å²) in [6.07, 6.45) is 0.874. The van der Waals surface area contributed by atoms with E-state index in [9.17, 15) is 5.11 Å². The van der Waals surface area contributed by atoms with Crippen molar-refractivity contribution in [2.24, 2.45) is 0 Å². The maximum Gasteiger partial charge on any atom is 0.120 e. The van der Waals surface area contributed by atoms with Crippen molar-refractivity contribution in [1.29, 1.82) is 0 Å². The van der Waals surface area contributed by atoms with Gasteiger partial charge in [-0.1, -0.05) is 35.9 Å². The van der Waals surface area contributed by atoms with E-state index in [0.29, 0.717) is 5.75 Å². The number of benzene rings is 2. The van der Waals surface area contributed by atoms with Crippen molar-refractivity contribution in [3.05, 3.63) is 63.7 Å².